The second-order valence-electron chi connectivity index (χ2n) is 5.09. The van der Waals surface area contributed by atoms with Crippen LogP contribution in [0.3, 0.4) is 0 Å². The summed E-state index contributed by atoms with van der Waals surface area (Å²) in [5.74, 6) is 0.148. The summed E-state index contributed by atoms with van der Waals surface area (Å²) in [6, 6.07) is 5.43. The number of Topliss-reactive ketones (excluding diaryl/α,β-unsaturated/α-hetero) is 2. The Balaban J connectivity index is 2.22. The SMILES string of the molecule is COc1ccc(-c2nc(CC#N)n[nH]2)c2[nH]cc(C(=O)C(C)=O)c12. The zero-order valence-electron chi connectivity index (χ0n) is 13.0. The number of ether oxygens (including phenoxy) is 1. The third-order valence-corrected chi connectivity index (χ3v) is 3.61. The molecule has 0 radical (unpaired) electrons. The minimum Gasteiger partial charge on any atom is -0.496 e. The first kappa shape index (κ1) is 15.4. The minimum absolute atomic E-state index is 0.0919. The van der Waals surface area contributed by atoms with Crippen molar-refractivity contribution in [3.8, 4) is 23.2 Å². The lowest BCUT2D eigenvalue weighted by molar-refractivity contribution is -0.113. The molecule has 120 valence electrons. The van der Waals surface area contributed by atoms with E-state index < -0.39 is 11.6 Å². The van der Waals surface area contributed by atoms with Crippen LogP contribution in [0.5, 0.6) is 5.75 Å². The van der Waals surface area contributed by atoms with Gasteiger partial charge in [0.25, 0.3) is 0 Å². The highest BCUT2D eigenvalue weighted by molar-refractivity contribution is 6.45. The maximum Gasteiger partial charge on any atom is 0.230 e. The van der Waals surface area contributed by atoms with Crippen LogP contribution in [0.15, 0.2) is 18.3 Å². The topological polar surface area (TPSA) is 125 Å². The van der Waals surface area contributed by atoms with Crippen molar-refractivity contribution in [3.05, 3.63) is 29.7 Å². The number of carbonyl (C=O) groups is 2. The average molecular weight is 323 g/mol. The Morgan fingerprint density at radius 3 is 2.83 bits per heavy atom. The number of H-pyrrole nitrogens is 2. The van der Waals surface area contributed by atoms with Crippen LogP contribution >= 0.6 is 0 Å². The van der Waals surface area contributed by atoms with Gasteiger partial charge in [0, 0.05) is 18.7 Å². The summed E-state index contributed by atoms with van der Waals surface area (Å²) in [5.41, 5.74) is 1.50. The number of benzene rings is 1. The van der Waals surface area contributed by atoms with Gasteiger partial charge in [-0.1, -0.05) is 0 Å². The second-order valence-corrected chi connectivity index (χ2v) is 5.09. The van der Waals surface area contributed by atoms with Gasteiger partial charge >= 0.3 is 0 Å². The van der Waals surface area contributed by atoms with Gasteiger partial charge in [-0.25, -0.2) is 4.98 Å². The maximum absolute atomic E-state index is 12.1. The summed E-state index contributed by atoms with van der Waals surface area (Å²) < 4.78 is 5.32. The zero-order valence-corrected chi connectivity index (χ0v) is 13.0. The van der Waals surface area contributed by atoms with Crippen LogP contribution in [0.1, 0.15) is 23.1 Å². The molecule has 8 heteroatoms. The third kappa shape index (κ3) is 2.42. The summed E-state index contributed by atoms with van der Waals surface area (Å²) in [6.07, 6.45) is 1.57. The van der Waals surface area contributed by atoms with E-state index in [1.54, 1.807) is 12.1 Å². The number of hydrogen-bond donors (Lipinski definition) is 2. The fourth-order valence-corrected chi connectivity index (χ4v) is 2.52. The first-order valence-corrected chi connectivity index (χ1v) is 7.08. The molecule has 3 aromatic rings. The largest absolute Gasteiger partial charge is 0.496 e. The fraction of sp³-hybridized carbons (Fsp3) is 0.188. The Labute approximate surface area is 136 Å². The lowest BCUT2D eigenvalue weighted by Crippen LogP contribution is -2.09. The molecule has 1 aromatic carbocycles. The minimum atomic E-state index is -0.598. The summed E-state index contributed by atoms with van der Waals surface area (Å²) in [4.78, 5) is 30.8. The van der Waals surface area contributed by atoms with Crippen LogP contribution in [0, 0.1) is 11.3 Å². The highest BCUT2D eigenvalue weighted by Gasteiger charge is 2.22. The molecule has 2 heterocycles. The van der Waals surface area contributed by atoms with Gasteiger partial charge < -0.3 is 9.72 Å². The summed E-state index contributed by atoms with van der Waals surface area (Å²) in [5, 5.41) is 16.0. The Hall–Kier alpha value is -3.47. The summed E-state index contributed by atoms with van der Waals surface area (Å²) >= 11 is 0. The van der Waals surface area contributed by atoms with E-state index in [0.29, 0.717) is 33.9 Å². The number of methoxy groups -OCH3 is 1. The van der Waals surface area contributed by atoms with E-state index in [2.05, 4.69) is 20.2 Å². The number of aromatic amines is 2. The zero-order chi connectivity index (χ0) is 17.3. The van der Waals surface area contributed by atoms with Crippen LogP contribution < -0.4 is 4.74 Å². The molecule has 0 bridgehead atoms. The molecular formula is C16H13N5O3. The Kier molecular flexibility index (Phi) is 3.83. The van der Waals surface area contributed by atoms with Gasteiger partial charge in [-0.15, -0.1) is 0 Å². The van der Waals surface area contributed by atoms with Gasteiger partial charge in [0.05, 0.1) is 36.1 Å². The smallest absolute Gasteiger partial charge is 0.230 e. The normalized spacial score (nSPS) is 10.5. The van der Waals surface area contributed by atoms with Gasteiger partial charge in [0.2, 0.25) is 5.78 Å². The van der Waals surface area contributed by atoms with Crippen LogP contribution in [0.2, 0.25) is 0 Å². The molecule has 0 unspecified atom stereocenters. The highest BCUT2D eigenvalue weighted by Crippen LogP contribution is 2.35. The molecule has 0 aliphatic heterocycles. The number of hydrogen-bond acceptors (Lipinski definition) is 6. The molecule has 24 heavy (non-hydrogen) atoms. The number of nitrogens with one attached hydrogen (secondary N) is 2. The fourth-order valence-electron chi connectivity index (χ4n) is 2.52. The number of carbonyl (C=O) groups excluding carboxylic acids is 2. The predicted octanol–water partition coefficient (Wildman–Crippen LogP) is 1.80. The van der Waals surface area contributed by atoms with Crippen molar-refractivity contribution < 1.29 is 14.3 Å². The first-order valence-electron chi connectivity index (χ1n) is 7.08. The van der Waals surface area contributed by atoms with Crippen molar-refractivity contribution in [2.24, 2.45) is 0 Å². The van der Waals surface area contributed by atoms with E-state index in [4.69, 9.17) is 10.00 Å². The number of fused-ring (bicyclic) bond motifs is 1. The monoisotopic (exact) mass is 323 g/mol. The Bertz CT molecular complexity index is 993. The van der Waals surface area contributed by atoms with E-state index in [-0.39, 0.29) is 12.0 Å². The highest BCUT2D eigenvalue weighted by atomic mass is 16.5. The van der Waals surface area contributed by atoms with Crippen molar-refractivity contribution >= 4 is 22.5 Å². The van der Waals surface area contributed by atoms with E-state index in [9.17, 15) is 9.59 Å². The number of nitrogens with zero attached hydrogens (tertiary/aromatic N) is 3. The number of rotatable bonds is 5. The van der Waals surface area contributed by atoms with Crippen molar-refractivity contribution in [1.82, 2.24) is 20.2 Å². The number of nitriles is 1. The van der Waals surface area contributed by atoms with Gasteiger partial charge in [-0.3, -0.25) is 14.7 Å². The summed E-state index contributed by atoms with van der Waals surface area (Å²) in [6.45, 7) is 1.22. The van der Waals surface area contributed by atoms with Crippen LogP contribution in [0.25, 0.3) is 22.3 Å². The molecule has 2 aromatic heterocycles. The van der Waals surface area contributed by atoms with E-state index in [0.717, 1.165) is 0 Å². The number of aromatic nitrogens is 4. The first-order chi connectivity index (χ1) is 11.6. The van der Waals surface area contributed by atoms with Crippen molar-refractivity contribution in [3.63, 3.8) is 0 Å². The van der Waals surface area contributed by atoms with Gasteiger partial charge in [-0.2, -0.15) is 10.4 Å². The molecule has 0 aliphatic carbocycles. The standard InChI is InChI=1S/C16H13N5O3/c1-8(22)15(23)10-7-18-14-9(3-4-11(24-2)13(10)14)16-19-12(5-6-17)20-21-16/h3-4,7,18H,5H2,1-2H3,(H,19,20,21). The van der Waals surface area contributed by atoms with E-state index >= 15 is 0 Å². The molecular weight excluding hydrogens is 310 g/mol. The second kappa shape index (κ2) is 5.96. The third-order valence-electron chi connectivity index (χ3n) is 3.61. The Morgan fingerprint density at radius 2 is 2.17 bits per heavy atom. The van der Waals surface area contributed by atoms with Crippen LogP contribution in [-0.4, -0.2) is 38.8 Å². The van der Waals surface area contributed by atoms with E-state index in [1.165, 1.54) is 20.2 Å². The maximum atomic E-state index is 12.1. The number of ketones is 2. The summed E-state index contributed by atoms with van der Waals surface area (Å²) in [7, 11) is 1.49. The molecule has 0 aliphatic rings. The lowest BCUT2D eigenvalue weighted by atomic mass is 10.0. The lowest BCUT2D eigenvalue weighted by Gasteiger charge is -2.06. The molecule has 8 nitrogen and oxygen atoms in total. The van der Waals surface area contributed by atoms with E-state index in [1.807, 2.05) is 6.07 Å². The average Bonchev–Trinajstić information content (AvgIpc) is 3.20. The van der Waals surface area contributed by atoms with Gasteiger partial charge in [0.1, 0.15) is 5.75 Å². The molecule has 0 fully saturated rings. The van der Waals surface area contributed by atoms with Crippen molar-refractivity contribution in [2.45, 2.75) is 13.3 Å². The molecule has 0 saturated heterocycles. The molecule has 0 atom stereocenters. The van der Waals surface area contributed by atoms with Crippen LogP contribution in [0.4, 0.5) is 0 Å². The van der Waals surface area contributed by atoms with Gasteiger partial charge in [0.15, 0.2) is 17.4 Å². The molecule has 0 amide bonds. The predicted molar refractivity (Wildman–Crippen MR) is 84.6 cm³/mol. The quantitative estimate of drug-likeness (QED) is 0.545. The molecule has 0 spiro atoms. The van der Waals surface area contributed by atoms with Crippen LogP contribution in [-0.2, 0) is 11.2 Å². The van der Waals surface area contributed by atoms with Crippen molar-refractivity contribution in [2.75, 3.05) is 7.11 Å². The molecule has 0 saturated carbocycles. The van der Waals surface area contributed by atoms with Gasteiger partial charge in [-0.05, 0) is 12.1 Å². The molecule has 3 rings (SSSR count). The Morgan fingerprint density at radius 1 is 1.38 bits per heavy atom. The van der Waals surface area contributed by atoms with Crippen molar-refractivity contribution in [1.29, 1.82) is 5.26 Å². The molecule has 2 N–H and O–H groups in total.